The lowest BCUT2D eigenvalue weighted by atomic mass is 10.2. The molecule has 0 aliphatic rings. The second-order valence-corrected chi connectivity index (χ2v) is 5.94. The molecule has 130 valence electrons. The molecule has 0 aliphatic carbocycles. The number of aromatic nitrogens is 4. The summed E-state index contributed by atoms with van der Waals surface area (Å²) >= 11 is 5.94. The molecular weight excluding hydrogens is 354 g/mol. The second kappa shape index (κ2) is 6.61. The Morgan fingerprint density at radius 3 is 2.73 bits per heavy atom. The number of para-hydroxylation sites is 1. The molecule has 0 bridgehead atoms. The van der Waals surface area contributed by atoms with Crippen LogP contribution in [0.5, 0.6) is 0 Å². The number of halogens is 1. The van der Waals surface area contributed by atoms with Gasteiger partial charge in [-0.3, -0.25) is 0 Å². The zero-order valence-electron chi connectivity index (χ0n) is 13.8. The van der Waals surface area contributed by atoms with Gasteiger partial charge in [-0.1, -0.05) is 28.9 Å². The van der Waals surface area contributed by atoms with E-state index in [1.54, 1.807) is 19.1 Å². The molecule has 4 rings (SSSR count). The molecule has 2 aromatic carbocycles. The van der Waals surface area contributed by atoms with Crippen molar-refractivity contribution in [3.63, 3.8) is 0 Å². The summed E-state index contributed by atoms with van der Waals surface area (Å²) < 4.78 is 6.58. The van der Waals surface area contributed by atoms with Crippen LogP contribution >= 0.6 is 11.6 Å². The average Bonchev–Trinajstić information content (AvgIpc) is 3.08. The van der Waals surface area contributed by atoms with Crippen LogP contribution in [0.15, 0.2) is 48.5 Å². The van der Waals surface area contributed by atoms with Crippen molar-refractivity contribution >= 4 is 45.6 Å². The van der Waals surface area contributed by atoms with Crippen LogP contribution < -0.4 is 5.32 Å². The van der Waals surface area contributed by atoms with Crippen LogP contribution in [0.1, 0.15) is 17.4 Å². The lowest BCUT2D eigenvalue weighted by Gasteiger charge is -2.10. The van der Waals surface area contributed by atoms with E-state index in [9.17, 15) is 4.79 Å². The number of hydrogen-bond donors (Lipinski definition) is 1. The van der Waals surface area contributed by atoms with E-state index in [0.717, 1.165) is 16.6 Å². The van der Waals surface area contributed by atoms with E-state index in [4.69, 9.17) is 16.3 Å². The molecule has 0 amide bonds. The molecule has 0 atom stereocenters. The van der Waals surface area contributed by atoms with Crippen molar-refractivity contribution in [3.8, 4) is 0 Å². The highest BCUT2D eigenvalue weighted by molar-refractivity contribution is 6.30. The van der Waals surface area contributed by atoms with Gasteiger partial charge < -0.3 is 10.1 Å². The topological polar surface area (TPSA) is 81.4 Å². The Morgan fingerprint density at radius 2 is 1.96 bits per heavy atom. The molecule has 0 fully saturated rings. The first kappa shape index (κ1) is 16.3. The number of carbonyl (C=O) groups excluding carboxylic acids is 1. The van der Waals surface area contributed by atoms with Crippen molar-refractivity contribution in [1.29, 1.82) is 0 Å². The molecule has 2 aromatic heterocycles. The number of hydrogen-bond acceptors (Lipinski definition) is 6. The number of esters is 1. The van der Waals surface area contributed by atoms with Gasteiger partial charge in [0.15, 0.2) is 5.65 Å². The van der Waals surface area contributed by atoms with E-state index in [2.05, 4.69) is 20.6 Å². The molecule has 0 saturated carbocycles. The minimum absolute atomic E-state index is 0.0803. The highest BCUT2D eigenvalue weighted by atomic mass is 35.5. The van der Waals surface area contributed by atoms with E-state index < -0.39 is 5.97 Å². The molecule has 4 aromatic rings. The lowest BCUT2D eigenvalue weighted by Crippen LogP contribution is -2.07. The summed E-state index contributed by atoms with van der Waals surface area (Å²) in [6.07, 6.45) is 0. The maximum absolute atomic E-state index is 12.1. The molecule has 7 nitrogen and oxygen atoms in total. The maximum atomic E-state index is 12.1. The molecule has 26 heavy (non-hydrogen) atoms. The van der Waals surface area contributed by atoms with Gasteiger partial charge in [-0.05, 0) is 43.3 Å². The normalized spacial score (nSPS) is 11.0. The Labute approximate surface area is 153 Å². The number of fused-ring (bicyclic) bond motifs is 3. The van der Waals surface area contributed by atoms with Gasteiger partial charge in [-0.15, -0.1) is 5.10 Å². The van der Waals surface area contributed by atoms with Gasteiger partial charge >= 0.3 is 5.97 Å². The SMILES string of the molecule is CCOC(=O)c1nnn2c1nc(Nc1ccc(Cl)cc1)c1ccccc12. The Morgan fingerprint density at radius 1 is 1.19 bits per heavy atom. The van der Waals surface area contributed by atoms with Crippen LogP contribution in [0.2, 0.25) is 5.02 Å². The standard InChI is InChI=1S/C18H14ClN5O2/c1-2-26-18(25)15-17-21-16(20-12-9-7-11(19)8-10-12)13-5-3-4-6-14(13)24(17)23-22-15/h3-10H,2H2,1H3,(H,20,21). The highest BCUT2D eigenvalue weighted by Gasteiger charge is 2.20. The van der Waals surface area contributed by atoms with Crippen LogP contribution in [-0.4, -0.2) is 32.4 Å². The Balaban J connectivity index is 1.90. The third-order valence-electron chi connectivity index (χ3n) is 3.83. The highest BCUT2D eigenvalue weighted by Crippen LogP contribution is 2.27. The molecule has 2 heterocycles. The van der Waals surface area contributed by atoms with Crippen LogP contribution in [0.25, 0.3) is 16.6 Å². The van der Waals surface area contributed by atoms with Gasteiger partial charge in [0, 0.05) is 16.1 Å². The molecule has 0 radical (unpaired) electrons. The van der Waals surface area contributed by atoms with E-state index in [-0.39, 0.29) is 12.3 Å². The van der Waals surface area contributed by atoms with Gasteiger partial charge in [0.1, 0.15) is 5.82 Å². The molecule has 1 N–H and O–H groups in total. The van der Waals surface area contributed by atoms with E-state index in [1.165, 1.54) is 4.52 Å². The van der Waals surface area contributed by atoms with E-state index in [1.807, 2.05) is 36.4 Å². The van der Waals surface area contributed by atoms with Crippen LogP contribution in [0.4, 0.5) is 11.5 Å². The number of rotatable bonds is 4. The molecule has 0 spiro atoms. The monoisotopic (exact) mass is 367 g/mol. The van der Waals surface area contributed by atoms with Crippen molar-refractivity contribution in [2.75, 3.05) is 11.9 Å². The lowest BCUT2D eigenvalue weighted by molar-refractivity contribution is 0.0521. The zero-order chi connectivity index (χ0) is 18.1. The fraction of sp³-hybridized carbons (Fsp3) is 0.111. The Bertz CT molecular complexity index is 1110. The fourth-order valence-electron chi connectivity index (χ4n) is 2.66. The third-order valence-corrected chi connectivity index (χ3v) is 4.08. The van der Waals surface area contributed by atoms with Crippen molar-refractivity contribution in [1.82, 2.24) is 19.8 Å². The van der Waals surface area contributed by atoms with Crippen molar-refractivity contribution in [2.45, 2.75) is 6.92 Å². The summed E-state index contributed by atoms with van der Waals surface area (Å²) in [5.41, 5.74) is 2.01. The van der Waals surface area contributed by atoms with Gasteiger partial charge in [0.25, 0.3) is 0 Å². The van der Waals surface area contributed by atoms with Gasteiger partial charge in [-0.2, -0.15) is 4.52 Å². The first-order chi connectivity index (χ1) is 12.7. The first-order valence-corrected chi connectivity index (χ1v) is 8.39. The van der Waals surface area contributed by atoms with Crippen molar-refractivity contribution in [3.05, 3.63) is 59.2 Å². The summed E-state index contributed by atoms with van der Waals surface area (Å²) in [5.74, 6) is 0.0333. The van der Waals surface area contributed by atoms with Crippen molar-refractivity contribution < 1.29 is 9.53 Å². The van der Waals surface area contributed by atoms with Crippen molar-refractivity contribution in [2.24, 2.45) is 0 Å². The zero-order valence-corrected chi connectivity index (χ0v) is 14.6. The minimum atomic E-state index is -0.553. The predicted molar refractivity (Wildman–Crippen MR) is 99.0 cm³/mol. The number of benzene rings is 2. The average molecular weight is 368 g/mol. The molecular formula is C18H14ClN5O2. The number of carbonyl (C=O) groups is 1. The first-order valence-electron chi connectivity index (χ1n) is 8.01. The Kier molecular flexibility index (Phi) is 4.14. The smallest absolute Gasteiger partial charge is 0.362 e. The van der Waals surface area contributed by atoms with E-state index in [0.29, 0.717) is 16.5 Å². The number of ether oxygens (including phenoxy) is 1. The number of nitrogens with zero attached hydrogens (tertiary/aromatic N) is 4. The summed E-state index contributed by atoms with van der Waals surface area (Å²) in [6.45, 7) is 1.99. The van der Waals surface area contributed by atoms with Gasteiger partial charge in [0.2, 0.25) is 5.69 Å². The number of nitrogens with one attached hydrogen (secondary N) is 1. The van der Waals surface area contributed by atoms with Crippen LogP contribution in [0, 0.1) is 0 Å². The van der Waals surface area contributed by atoms with Crippen LogP contribution in [0.3, 0.4) is 0 Å². The summed E-state index contributed by atoms with van der Waals surface area (Å²) in [6, 6.07) is 14.9. The maximum Gasteiger partial charge on any atom is 0.362 e. The predicted octanol–water partition coefficient (Wildman–Crippen LogP) is 3.85. The summed E-state index contributed by atoms with van der Waals surface area (Å²) in [7, 11) is 0. The van der Waals surface area contributed by atoms with Gasteiger partial charge in [0.05, 0.1) is 12.1 Å². The largest absolute Gasteiger partial charge is 0.461 e. The molecule has 0 aliphatic heterocycles. The summed E-state index contributed by atoms with van der Waals surface area (Å²) in [5, 5.41) is 12.8. The van der Waals surface area contributed by atoms with E-state index >= 15 is 0 Å². The third kappa shape index (κ3) is 2.82. The molecule has 0 saturated heterocycles. The quantitative estimate of drug-likeness (QED) is 0.552. The van der Waals surface area contributed by atoms with Crippen LogP contribution in [-0.2, 0) is 4.74 Å². The summed E-state index contributed by atoms with van der Waals surface area (Å²) in [4.78, 5) is 16.7. The second-order valence-electron chi connectivity index (χ2n) is 5.50. The Hall–Kier alpha value is -3.19. The molecule has 8 heteroatoms. The van der Waals surface area contributed by atoms with Gasteiger partial charge in [-0.25, -0.2) is 9.78 Å². The number of anilines is 2. The minimum Gasteiger partial charge on any atom is -0.461 e. The fourth-order valence-corrected chi connectivity index (χ4v) is 2.79. The molecule has 0 unspecified atom stereocenters.